The molecule has 2 aromatic carbocycles. The lowest BCUT2D eigenvalue weighted by Crippen LogP contribution is -2.49. The minimum Gasteiger partial charge on any atom is -0.336 e. The highest BCUT2D eigenvalue weighted by molar-refractivity contribution is 6.31. The summed E-state index contributed by atoms with van der Waals surface area (Å²) in [7, 11) is 1.74. The summed E-state index contributed by atoms with van der Waals surface area (Å²) < 4.78 is 1.59. The molecule has 1 amide bonds. The average molecular weight is 445 g/mol. The summed E-state index contributed by atoms with van der Waals surface area (Å²) in [5.41, 5.74) is 1.17. The molecule has 1 aromatic heterocycles. The molecule has 8 heteroatoms. The molecule has 0 spiro atoms. The maximum Gasteiger partial charge on any atom is 0.261 e. The predicted octanol–water partition coefficient (Wildman–Crippen LogP) is 3.76. The third-order valence-electron chi connectivity index (χ3n) is 5.69. The Labute approximate surface area is 184 Å². The second-order valence-corrected chi connectivity index (χ2v) is 8.38. The molecule has 0 saturated carbocycles. The minimum atomic E-state index is -0.110. The SMILES string of the molecule is CC(c1nc2ccc(Cl)cc2c(=O)n1C)N1CCN(C(=O)c2ccc(Cl)cc2)CC1. The van der Waals surface area contributed by atoms with E-state index in [1.807, 2.05) is 11.8 Å². The Morgan fingerprint density at radius 3 is 2.30 bits per heavy atom. The molecule has 4 rings (SSSR count). The van der Waals surface area contributed by atoms with Crippen molar-refractivity contribution in [2.45, 2.75) is 13.0 Å². The van der Waals surface area contributed by atoms with Crippen LogP contribution in [-0.4, -0.2) is 51.4 Å². The zero-order chi connectivity index (χ0) is 21.4. The Hall–Kier alpha value is -2.41. The third-order valence-corrected chi connectivity index (χ3v) is 6.17. The van der Waals surface area contributed by atoms with Gasteiger partial charge in [-0.1, -0.05) is 23.2 Å². The first kappa shape index (κ1) is 20.8. The molecule has 6 nitrogen and oxygen atoms in total. The molecule has 1 aliphatic heterocycles. The molecular formula is C22H22Cl2N4O2. The van der Waals surface area contributed by atoms with E-state index in [-0.39, 0.29) is 17.5 Å². The van der Waals surface area contributed by atoms with Gasteiger partial charge in [0, 0.05) is 48.8 Å². The van der Waals surface area contributed by atoms with Crippen molar-refractivity contribution in [1.29, 1.82) is 0 Å². The highest BCUT2D eigenvalue weighted by Gasteiger charge is 2.27. The number of benzene rings is 2. The standard InChI is InChI=1S/C22H22Cl2N4O2/c1-14(20-25-19-8-7-17(24)13-18(19)22(30)26(20)2)27-9-11-28(12-10-27)21(29)15-3-5-16(23)6-4-15/h3-8,13-14H,9-12H2,1-2H3. The number of rotatable bonds is 3. The number of hydrogen-bond donors (Lipinski definition) is 0. The topological polar surface area (TPSA) is 58.4 Å². The molecule has 1 aliphatic rings. The van der Waals surface area contributed by atoms with Crippen molar-refractivity contribution in [3.05, 3.63) is 74.3 Å². The van der Waals surface area contributed by atoms with Gasteiger partial charge in [-0.25, -0.2) is 4.98 Å². The fourth-order valence-electron chi connectivity index (χ4n) is 3.88. The average Bonchev–Trinajstić information content (AvgIpc) is 2.76. The quantitative estimate of drug-likeness (QED) is 0.616. The van der Waals surface area contributed by atoms with Crippen LogP contribution in [0.2, 0.25) is 10.0 Å². The number of nitrogens with zero attached hydrogens (tertiary/aromatic N) is 4. The van der Waals surface area contributed by atoms with Gasteiger partial charge >= 0.3 is 0 Å². The van der Waals surface area contributed by atoms with Crippen LogP contribution in [0, 0.1) is 0 Å². The smallest absolute Gasteiger partial charge is 0.261 e. The molecule has 30 heavy (non-hydrogen) atoms. The van der Waals surface area contributed by atoms with E-state index in [0.717, 1.165) is 0 Å². The predicted molar refractivity (Wildman–Crippen MR) is 119 cm³/mol. The van der Waals surface area contributed by atoms with Crippen LogP contribution < -0.4 is 5.56 Å². The summed E-state index contributed by atoms with van der Waals surface area (Å²) in [6, 6.07) is 12.1. The van der Waals surface area contributed by atoms with Gasteiger partial charge in [-0.3, -0.25) is 19.1 Å². The first-order chi connectivity index (χ1) is 14.3. The third kappa shape index (κ3) is 3.95. The van der Waals surface area contributed by atoms with Gasteiger partial charge < -0.3 is 4.90 Å². The Kier molecular flexibility index (Phi) is 5.82. The van der Waals surface area contributed by atoms with E-state index in [1.165, 1.54) is 0 Å². The summed E-state index contributed by atoms with van der Waals surface area (Å²) in [6.45, 7) is 4.68. The molecule has 0 aliphatic carbocycles. The summed E-state index contributed by atoms with van der Waals surface area (Å²) in [5.74, 6) is 0.708. The molecule has 0 radical (unpaired) electrons. The molecule has 0 N–H and O–H groups in total. The largest absolute Gasteiger partial charge is 0.336 e. The number of piperazine rings is 1. The minimum absolute atomic E-state index is 0.00655. The Balaban J connectivity index is 1.50. The van der Waals surface area contributed by atoms with Crippen LogP contribution in [0.1, 0.15) is 29.1 Å². The normalized spacial score (nSPS) is 16.1. The van der Waals surface area contributed by atoms with E-state index in [9.17, 15) is 9.59 Å². The van der Waals surface area contributed by atoms with Crippen LogP contribution in [0.5, 0.6) is 0 Å². The number of hydrogen-bond acceptors (Lipinski definition) is 4. The van der Waals surface area contributed by atoms with E-state index < -0.39 is 0 Å². The van der Waals surface area contributed by atoms with Gasteiger partial charge in [-0.2, -0.15) is 0 Å². The number of amides is 1. The zero-order valence-electron chi connectivity index (χ0n) is 16.8. The van der Waals surface area contributed by atoms with Crippen LogP contribution in [0.25, 0.3) is 10.9 Å². The Bertz CT molecular complexity index is 1150. The Morgan fingerprint density at radius 2 is 1.63 bits per heavy atom. The number of halogens is 2. The fourth-order valence-corrected chi connectivity index (χ4v) is 4.18. The lowest BCUT2D eigenvalue weighted by molar-refractivity contribution is 0.0572. The van der Waals surface area contributed by atoms with Gasteiger partial charge in [0.15, 0.2) is 0 Å². The molecule has 1 saturated heterocycles. The zero-order valence-corrected chi connectivity index (χ0v) is 18.3. The maximum absolute atomic E-state index is 12.8. The fraction of sp³-hybridized carbons (Fsp3) is 0.318. The van der Waals surface area contributed by atoms with Crippen LogP contribution >= 0.6 is 23.2 Å². The number of carbonyl (C=O) groups is 1. The van der Waals surface area contributed by atoms with Crippen molar-refractivity contribution in [2.75, 3.05) is 26.2 Å². The Morgan fingerprint density at radius 1 is 1.00 bits per heavy atom. The van der Waals surface area contributed by atoms with Crippen LogP contribution in [0.15, 0.2) is 47.3 Å². The van der Waals surface area contributed by atoms with Crippen molar-refractivity contribution in [3.8, 4) is 0 Å². The number of fused-ring (bicyclic) bond motifs is 1. The molecule has 1 unspecified atom stereocenters. The van der Waals surface area contributed by atoms with Gasteiger partial charge in [0.2, 0.25) is 0 Å². The molecule has 1 atom stereocenters. The van der Waals surface area contributed by atoms with E-state index in [4.69, 9.17) is 28.2 Å². The van der Waals surface area contributed by atoms with Gasteiger partial charge in [0.1, 0.15) is 5.82 Å². The molecular weight excluding hydrogens is 423 g/mol. The van der Waals surface area contributed by atoms with Crippen molar-refractivity contribution in [3.63, 3.8) is 0 Å². The van der Waals surface area contributed by atoms with Crippen LogP contribution in [-0.2, 0) is 7.05 Å². The summed E-state index contributed by atoms with van der Waals surface area (Å²) >= 11 is 11.9. The van der Waals surface area contributed by atoms with Gasteiger partial charge in [-0.05, 0) is 49.4 Å². The second-order valence-electron chi connectivity index (χ2n) is 7.51. The van der Waals surface area contributed by atoms with Crippen LogP contribution in [0.4, 0.5) is 0 Å². The first-order valence-electron chi connectivity index (χ1n) is 9.80. The second kappa shape index (κ2) is 8.38. The van der Waals surface area contributed by atoms with E-state index >= 15 is 0 Å². The van der Waals surface area contributed by atoms with Crippen molar-refractivity contribution < 1.29 is 4.79 Å². The molecule has 156 valence electrons. The lowest BCUT2D eigenvalue weighted by atomic mass is 10.1. The van der Waals surface area contributed by atoms with Gasteiger partial charge in [0.25, 0.3) is 11.5 Å². The summed E-state index contributed by atoms with van der Waals surface area (Å²) in [4.78, 5) is 34.3. The maximum atomic E-state index is 12.8. The molecule has 0 bridgehead atoms. The number of aromatic nitrogens is 2. The van der Waals surface area contributed by atoms with E-state index in [2.05, 4.69) is 4.90 Å². The highest BCUT2D eigenvalue weighted by Crippen LogP contribution is 2.23. The van der Waals surface area contributed by atoms with Gasteiger partial charge in [0.05, 0.1) is 16.9 Å². The van der Waals surface area contributed by atoms with Gasteiger partial charge in [-0.15, -0.1) is 0 Å². The summed E-state index contributed by atoms with van der Waals surface area (Å²) in [6.07, 6.45) is 0. The van der Waals surface area contributed by atoms with Crippen molar-refractivity contribution in [1.82, 2.24) is 19.4 Å². The lowest BCUT2D eigenvalue weighted by Gasteiger charge is -2.38. The van der Waals surface area contributed by atoms with Crippen LogP contribution in [0.3, 0.4) is 0 Å². The highest BCUT2D eigenvalue weighted by atomic mass is 35.5. The molecule has 1 fully saturated rings. The molecule has 3 aromatic rings. The van der Waals surface area contributed by atoms with E-state index in [0.29, 0.717) is 58.5 Å². The summed E-state index contributed by atoms with van der Waals surface area (Å²) in [5, 5.41) is 1.64. The first-order valence-corrected chi connectivity index (χ1v) is 10.6. The monoisotopic (exact) mass is 444 g/mol. The van der Waals surface area contributed by atoms with E-state index in [1.54, 1.807) is 54.1 Å². The van der Waals surface area contributed by atoms with Crippen molar-refractivity contribution in [2.24, 2.45) is 7.05 Å². The van der Waals surface area contributed by atoms with Crippen molar-refractivity contribution >= 4 is 40.0 Å². The molecule has 2 heterocycles. The number of carbonyl (C=O) groups excluding carboxylic acids is 1.